The summed E-state index contributed by atoms with van der Waals surface area (Å²) in [6.45, 7) is 0. The summed E-state index contributed by atoms with van der Waals surface area (Å²) >= 11 is 0. The summed E-state index contributed by atoms with van der Waals surface area (Å²) in [5.74, 6) is -4.56. The Morgan fingerprint density at radius 3 is 0.714 bits per heavy atom. The minimum Gasteiger partial charge on any atom is -0.550 e. The topological polar surface area (TPSA) is 161 Å². The summed E-state index contributed by atoms with van der Waals surface area (Å²) in [6.07, 6.45) is 1.07. The standard InChI is InChI=1S/2C6H10O4.Zr/c2*7-5(8)3-1-2-4-6(9)10;/h2*1-4H2,(H,7,8)(H,9,10);/q;;+4/p-4. The van der Waals surface area contributed by atoms with Crippen molar-refractivity contribution in [2.24, 2.45) is 0 Å². The van der Waals surface area contributed by atoms with E-state index in [1.807, 2.05) is 0 Å². The van der Waals surface area contributed by atoms with E-state index in [9.17, 15) is 39.6 Å². The summed E-state index contributed by atoms with van der Waals surface area (Å²) in [5.41, 5.74) is 0. The molecular formula is C12H16O8Zr. The molecule has 8 nitrogen and oxygen atoms in total. The predicted octanol–water partition coefficient (Wildman–Crippen LogP) is -3.91. The van der Waals surface area contributed by atoms with Crippen LogP contribution < -0.4 is 20.4 Å². The first-order chi connectivity index (χ1) is 9.25. The molecule has 0 aromatic rings. The van der Waals surface area contributed by atoms with E-state index in [1.54, 1.807) is 0 Å². The molecule has 0 spiro atoms. The number of unbranched alkanes of at least 4 members (excludes halogenated alkanes) is 2. The third kappa shape index (κ3) is 32.4. The summed E-state index contributed by atoms with van der Waals surface area (Å²) in [5, 5.41) is 39.1. The molecule has 0 heterocycles. The van der Waals surface area contributed by atoms with Crippen molar-refractivity contribution >= 4 is 23.9 Å². The van der Waals surface area contributed by atoms with Crippen molar-refractivity contribution in [3.8, 4) is 0 Å². The Morgan fingerprint density at radius 1 is 0.476 bits per heavy atom. The fourth-order valence-corrected chi connectivity index (χ4v) is 1.08. The molecule has 116 valence electrons. The summed E-state index contributed by atoms with van der Waals surface area (Å²) < 4.78 is 0. The molecule has 0 aromatic heterocycles. The second-order valence-corrected chi connectivity index (χ2v) is 3.90. The fraction of sp³-hybridized carbons (Fsp3) is 0.667. The van der Waals surface area contributed by atoms with Crippen molar-refractivity contribution in [2.75, 3.05) is 0 Å². The Morgan fingerprint density at radius 2 is 0.619 bits per heavy atom. The van der Waals surface area contributed by atoms with Gasteiger partial charge < -0.3 is 39.6 Å². The maximum Gasteiger partial charge on any atom is 4.00 e. The number of hydrogen-bond acceptors (Lipinski definition) is 8. The summed E-state index contributed by atoms with van der Waals surface area (Å²) in [4.78, 5) is 39.1. The minimum atomic E-state index is -1.14. The molecule has 0 bridgehead atoms. The first-order valence-electron chi connectivity index (χ1n) is 6.05. The van der Waals surface area contributed by atoms with Gasteiger partial charge in [-0.15, -0.1) is 0 Å². The van der Waals surface area contributed by atoms with Crippen LogP contribution in [0, 0.1) is 0 Å². The third-order valence-electron chi connectivity index (χ3n) is 2.02. The molecule has 0 aliphatic rings. The predicted molar refractivity (Wildman–Crippen MR) is 57.0 cm³/mol. The van der Waals surface area contributed by atoms with Gasteiger partial charge in [-0.25, -0.2) is 0 Å². The normalized spacial score (nSPS) is 8.76. The van der Waals surface area contributed by atoms with E-state index in [0.29, 0.717) is 25.7 Å². The number of carbonyl (C=O) groups is 4. The molecule has 0 N–H and O–H groups in total. The van der Waals surface area contributed by atoms with Crippen LogP contribution in [0.1, 0.15) is 51.4 Å². The molecule has 0 rings (SSSR count). The van der Waals surface area contributed by atoms with Crippen molar-refractivity contribution < 1.29 is 65.8 Å². The van der Waals surface area contributed by atoms with Crippen LogP contribution in [0.15, 0.2) is 0 Å². The molecule has 21 heavy (non-hydrogen) atoms. The Labute approximate surface area is 141 Å². The van der Waals surface area contributed by atoms with Gasteiger partial charge in [0, 0.05) is 23.9 Å². The van der Waals surface area contributed by atoms with Crippen LogP contribution in [0.2, 0.25) is 0 Å². The maximum absolute atomic E-state index is 9.77. The summed E-state index contributed by atoms with van der Waals surface area (Å²) in [7, 11) is 0. The molecule has 0 saturated heterocycles. The van der Waals surface area contributed by atoms with Crippen molar-refractivity contribution in [2.45, 2.75) is 51.4 Å². The van der Waals surface area contributed by atoms with Crippen LogP contribution in [-0.2, 0) is 45.4 Å². The number of rotatable bonds is 10. The fourth-order valence-electron chi connectivity index (χ4n) is 1.08. The first kappa shape index (κ1) is 24.8. The van der Waals surface area contributed by atoms with Gasteiger partial charge >= 0.3 is 26.2 Å². The number of carbonyl (C=O) groups excluding carboxylic acids is 4. The molecule has 0 aliphatic heterocycles. The number of carboxylic acid groups (broad SMARTS) is 4. The maximum atomic E-state index is 9.77. The van der Waals surface area contributed by atoms with Gasteiger partial charge in [0.05, 0.1) is 0 Å². The van der Waals surface area contributed by atoms with Crippen molar-refractivity contribution in [1.29, 1.82) is 0 Å². The van der Waals surface area contributed by atoms with Crippen molar-refractivity contribution in [3.63, 3.8) is 0 Å². The Hall–Kier alpha value is -1.24. The Bertz CT molecular complexity index is 265. The zero-order valence-electron chi connectivity index (χ0n) is 11.4. The first-order valence-corrected chi connectivity index (χ1v) is 6.05. The molecule has 0 unspecified atom stereocenters. The van der Waals surface area contributed by atoms with Crippen LogP contribution in [0.4, 0.5) is 0 Å². The van der Waals surface area contributed by atoms with Gasteiger partial charge in [0.25, 0.3) is 0 Å². The zero-order valence-corrected chi connectivity index (χ0v) is 13.9. The van der Waals surface area contributed by atoms with Gasteiger partial charge in [0.2, 0.25) is 0 Å². The Balaban J connectivity index is -0.000000295. The molecular weight excluding hydrogens is 363 g/mol. The Kier molecular flexibility index (Phi) is 19.8. The number of carboxylic acids is 4. The van der Waals surface area contributed by atoms with Gasteiger partial charge in [0.1, 0.15) is 0 Å². The van der Waals surface area contributed by atoms with Crippen LogP contribution in [0.3, 0.4) is 0 Å². The molecule has 9 heteroatoms. The monoisotopic (exact) mass is 378 g/mol. The zero-order chi connectivity index (χ0) is 16.0. The average molecular weight is 379 g/mol. The molecule has 0 saturated carbocycles. The van der Waals surface area contributed by atoms with Crippen molar-refractivity contribution in [3.05, 3.63) is 0 Å². The molecule has 0 fully saturated rings. The smallest absolute Gasteiger partial charge is 0.550 e. The van der Waals surface area contributed by atoms with Crippen molar-refractivity contribution in [1.82, 2.24) is 0 Å². The van der Waals surface area contributed by atoms with Crippen LogP contribution in [-0.4, -0.2) is 23.9 Å². The van der Waals surface area contributed by atoms with E-state index in [-0.39, 0.29) is 51.9 Å². The molecule has 0 atom stereocenters. The van der Waals surface area contributed by atoms with E-state index >= 15 is 0 Å². The molecule has 0 aliphatic carbocycles. The number of hydrogen-bond donors (Lipinski definition) is 0. The molecule has 0 aromatic carbocycles. The van der Waals surface area contributed by atoms with Gasteiger partial charge in [-0.3, -0.25) is 0 Å². The minimum absolute atomic E-state index is 0. The second kappa shape index (κ2) is 16.8. The SMILES string of the molecule is O=C([O-])CCCCC(=O)[O-].O=C([O-])CCCCC(=O)[O-].[Zr+4]. The van der Waals surface area contributed by atoms with Crippen LogP contribution in [0.25, 0.3) is 0 Å². The van der Waals surface area contributed by atoms with E-state index in [1.165, 1.54) is 0 Å². The van der Waals surface area contributed by atoms with E-state index in [2.05, 4.69) is 0 Å². The van der Waals surface area contributed by atoms with E-state index in [4.69, 9.17) is 0 Å². The molecule has 0 amide bonds. The van der Waals surface area contributed by atoms with E-state index in [0.717, 1.165) is 0 Å². The van der Waals surface area contributed by atoms with Gasteiger partial charge in [0.15, 0.2) is 0 Å². The largest absolute Gasteiger partial charge is 4.00 e. The van der Waals surface area contributed by atoms with Gasteiger partial charge in [-0.1, -0.05) is 0 Å². The van der Waals surface area contributed by atoms with Gasteiger partial charge in [-0.05, 0) is 51.4 Å². The quantitative estimate of drug-likeness (QED) is 0.348. The van der Waals surface area contributed by atoms with Crippen LogP contribution >= 0.6 is 0 Å². The van der Waals surface area contributed by atoms with E-state index < -0.39 is 23.9 Å². The third-order valence-corrected chi connectivity index (χ3v) is 2.02. The van der Waals surface area contributed by atoms with Gasteiger partial charge in [-0.2, -0.15) is 0 Å². The summed E-state index contributed by atoms with van der Waals surface area (Å²) in [6, 6.07) is 0. The number of aliphatic carboxylic acids is 4. The molecule has 0 radical (unpaired) electrons. The van der Waals surface area contributed by atoms with Crippen LogP contribution in [0.5, 0.6) is 0 Å². The average Bonchev–Trinajstić information content (AvgIpc) is 2.30. The second-order valence-electron chi connectivity index (χ2n) is 3.90.